The van der Waals surface area contributed by atoms with Crippen molar-refractivity contribution >= 4 is 21.4 Å². The zero-order valence-corrected chi connectivity index (χ0v) is 13.2. The van der Waals surface area contributed by atoms with Crippen LogP contribution in [0.3, 0.4) is 0 Å². The first-order valence-electron chi connectivity index (χ1n) is 6.44. The van der Waals surface area contributed by atoms with Gasteiger partial charge in [0.2, 0.25) is 10.0 Å². The molecule has 0 spiro atoms. The van der Waals surface area contributed by atoms with Gasteiger partial charge in [0.25, 0.3) is 0 Å². The first-order chi connectivity index (χ1) is 9.92. The summed E-state index contributed by atoms with van der Waals surface area (Å²) in [6, 6.07) is 6.08. The van der Waals surface area contributed by atoms with Crippen molar-refractivity contribution in [2.45, 2.75) is 24.1 Å². The van der Waals surface area contributed by atoms with Crippen LogP contribution in [0.15, 0.2) is 33.9 Å². The third-order valence-corrected chi connectivity index (χ3v) is 6.07. The fourth-order valence-electron chi connectivity index (χ4n) is 1.93. The van der Waals surface area contributed by atoms with E-state index in [4.69, 9.17) is 5.73 Å². The summed E-state index contributed by atoms with van der Waals surface area (Å²) in [5.74, 6) is -0.287. The molecule has 0 aliphatic carbocycles. The zero-order valence-electron chi connectivity index (χ0n) is 11.6. The number of hydrogen-bond acceptors (Lipinski definition) is 4. The Balaban J connectivity index is 1.99. The number of benzene rings is 1. The highest BCUT2D eigenvalue weighted by Gasteiger charge is 2.16. The van der Waals surface area contributed by atoms with Crippen LogP contribution in [-0.2, 0) is 23.0 Å². The Hall–Kier alpha value is -1.28. The summed E-state index contributed by atoms with van der Waals surface area (Å²) in [7, 11) is -3.50. The highest BCUT2D eigenvalue weighted by atomic mass is 32.2. The van der Waals surface area contributed by atoms with Gasteiger partial charge in [-0.1, -0.05) is 6.07 Å². The van der Waals surface area contributed by atoms with Gasteiger partial charge in [-0.3, -0.25) is 0 Å². The van der Waals surface area contributed by atoms with Crippen LogP contribution >= 0.6 is 11.3 Å². The van der Waals surface area contributed by atoms with Gasteiger partial charge in [-0.25, -0.2) is 17.5 Å². The molecule has 0 saturated heterocycles. The van der Waals surface area contributed by atoms with E-state index in [0.29, 0.717) is 13.0 Å². The van der Waals surface area contributed by atoms with Crippen molar-refractivity contribution in [1.29, 1.82) is 0 Å². The van der Waals surface area contributed by atoms with Gasteiger partial charge in [0.05, 0.1) is 0 Å². The summed E-state index contributed by atoms with van der Waals surface area (Å²) >= 11 is 1.15. The maximum absolute atomic E-state index is 13.0. The first kappa shape index (κ1) is 16.1. The van der Waals surface area contributed by atoms with E-state index in [0.717, 1.165) is 28.0 Å². The van der Waals surface area contributed by atoms with Crippen molar-refractivity contribution in [3.8, 4) is 0 Å². The lowest BCUT2D eigenvalue weighted by molar-refractivity contribution is 0.583. The third-order valence-electron chi connectivity index (χ3n) is 3.12. The fraction of sp³-hybridized carbons (Fsp3) is 0.286. The molecule has 0 radical (unpaired) electrons. The molecule has 0 unspecified atom stereocenters. The minimum Gasteiger partial charge on any atom is -0.326 e. The number of thiophene rings is 1. The summed E-state index contributed by atoms with van der Waals surface area (Å²) in [4.78, 5) is 0. The van der Waals surface area contributed by atoms with E-state index in [1.165, 1.54) is 12.1 Å². The Bertz CT molecular complexity index is 726. The Labute approximate surface area is 127 Å². The highest BCUT2D eigenvalue weighted by Crippen LogP contribution is 2.19. The lowest BCUT2D eigenvalue weighted by atomic mass is 10.1. The summed E-state index contributed by atoms with van der Waals surface area (Å²) < 4.78 is 40.0. The van der Waals surface area contributed by atoms with Crippen LogP contribution in [0.5, 0.6) is 0 Å². The van der Waals surface area contributed by atoms with Crippen LogP contribution in [0, 0.1) is 12.7 Å². The Morgan fingerprint density at radius 3 is 2.71 bits per heavy atom. The minimum absolute atomic E-state index is 0.263. The molecule has 21 heavy (non-hydrogen) atoms. The van der Waals surface area contributed by atoms with Crippen LogP contribution in [0.4, 0.5) is 4.39 Å². The average Bonchev–Trinajstić information content (AvgIpc) is 2.91. The Morgan fingerprint density at radius 1 is 1.33 bits per heavy atom. The SMILES string of the molecule is Cc1cc(F)ccc1CCNS(=O)(=O)c1cc(CN)cs1. The van der Waals surface area contributed by atoms with Gasteiger partial charge in [-0.2, -0.15) is 0 Å². The van der Waals surface area contributed by atoms with Crippen molar-refractivity contribution in [3.63, 3.8) is 0 Å². The van der Waals surface area contributed by atoms with Crippen molar-refractivity contribution in [1.82, 2.24) is 4.72 Å². The van der Waals surface area contributed by atoms with Crippen molar-refractivity contribution in [2.75, 3.05) is 6.54 Å². The van der Waals surface area contributed by atoms with Crippen molar-refractivity contribution in [3.05, 3.63) is 52.2 Å². The molecule has 114 valence electrons. The monoisotopic (exact) mass is 328 g/mol. The van der Waals surface area contributed by atoms with Gasteiger partial charge in [0.15, 0.2) is 0 Å². The van der Waals surface area contributed by atoms with Gasteiger partial charge in [-0.15, -0.1) is 11.3 Å². The molecule has 2 aromatic rings. The first-order valence-corrected chi connectivity index (χ1v) is 8.81. The molecule has 7 heteroatoms. The third kappa shape index (κ3) is 4.10. The lowest BCUT2D eigenvalue weighted by Gasteiger charge is -2.07. The number of nitrogens with one attached hydrogen (secondary N) is 1. The Morgan fingerprint density at radius 2 is 2.10 bits per heavy atom. The van der Waals surface area contributed by atoms with E-state index < -0.39 is 10.0 Å². The van der Waals surface area contributed by atoms with Crippen LogP contribution in [-0.4, -0.2) is 15.0 Å². The second kappa shape index (κ2) is 6.65. The molecule has 0 atom stereocenters. The van der Waals surface area contributed by atoms with Gasteiger partial charge in [-0.05, 0) is 53.6 Å². The standard InChI is InChI=1S/C14H17FN2O2S2/c1-10-6-13(15)3-2-12(10)4-5-17-21(18,19)14-7-11(8-16)9-20-14/h2-3,6-7,9,17H,4-5,8,16H2,1H3. The van der Waals surface area contributed by atoms with Gasteiger partial charge in [0, 0.05) is 13.1 Å². The summed E-state index contributed by atoms with van der Waals surface area (Å²) in [5, 5.41) is 1.73. The summed E-state index contributed by atoms with van der Waals surface area (Å²) in [6.07, 6.45) is 0.514. The molecule has 3 N–H and O–H groups in total. The normalized spacial score (nSPS) is 11.8. The summed E-state index contributed by atoms with van der Waals surface area (Å²) in [5.41, 5.74) is 8.01. The molecule has 1 heterocycles. The average molecular weight is 328 g/mol. The van der Waals surface area contributed by atoms with Crippen molar-refractivity contribution in [2.24, 2.45) is 5.73 Å². The van der Waals surface area contributed by atoms with Crippen LogP contribution < -0.4 is 10.5 Å². The molecule has 0 aliphatic rings. The van der Waals surface area contributed by atoms with Gasteiger partial charge in [0.1, 0.15) is 10.0 Å². The molecule has 1 aromatic carbocycles. The largest absolute Gasteiger partial charge is 0.326 e. The minimum atomic E-state index is -3.50. The van der Waals surface area contributed by atoms with E-state index in [2.05, 4.69) is 4.72 Å². The van der Waals surface area contributed by atoms with Crippen LogP contribution in [0.2, 0.25) is 0 Å². The molecular weight excluding hydrogens is 311 g/mol. The second-order valence-electron chi connectivity index (χ2n) is 4.70. The maximum Gasteiger partial charge on any atom is 0.250 e. The fourth-order valence-corrected chi connectivity index (χ4v) is 4.23. The molecule has 2 rings (SSSR count). The predicted octanol–water partition coefficient (Wildman–Crippen LogP) is 2.18. The number of sulfonamides is 1. The topological polar surface area (TPSA) is 72.2 Å². The predicted molar refractivity (Wildman–Crippen MR) is 82.2 cm³/mol. The number of nitrogens with two attached hydrogens (primary N) is 1. The van der Waals surface area contributed by atoms with E-state index in [9.17, 15) is 12.8 Å². The van der Waals surface area contributed by atoms with E-state index >= 15 is 0 Å². The Kier molecular flexibility index (Phi) is 5.10. The van der Waals surface area contributed by atoms with E-state index in [1.54, 1.807) is 24.4 Å². The quantitative estimate of drug-likeness (QED) is 0.854. The zero-order chi connectivity index (χ0) is 15.5. The molecule has 0 fully saturated rings. The smallest absolute Gasteiger partial charge is 0.250 e. The van der Waals surface area contributed by atoms with Gasteiger partial charge >= 0.3 is 0 Å². The van der Waals surface area contributed by atoms with E-state index in [1.807, 2.05) is 0 Å². The van der Waals surface area contributed by atoms with Crippen LogP contribution in [0.25, 0.3) is 0 Å². The number of halogens is 1. The number of aryl methyl sites for hydroxylation is 1. The maximum atomic E-state index is 13.0. The van der Waals surface area contributed by atoms with Crippen molar-refractivity contribution < 1.29 is 12.8 Å². The summed E-state index contributed by atoms with van der Waals surface area (Å²) in [6.45, 7) is 2.39. The number of hydrogen-bond donors (Lipinski definition) is 2. The van der Waals surface area contributed by atoms with E-state index in [-0.39, 0.29) is 16.6 Å². The molecular formula is C14H17FN2O2S2. The molecule has 0 aliphatic heterocycles. The number of rotatable bonds is 6. The van der Waals surface area contributed by atoms with Gasteiger partial charge < -0.3 is 5.73 Å². The highest BCUT2D eigenvalue weighted by molar-refractivity contribution is 7.91. The molecule has 0 bridgehead atoms. The lowest BCUT2D eigenvalue weighted by Crippen LogP contribution is -2.25. The van der Waals surface area contributed by atoms with Crippen LogP contribution in [0.1, 0.15) is 16.7 Å². The molecule has 1 aromatic heterocycles. The second-order valence-corrected chi connectivity index (χ2v) is 7.60. The molecule has 0 amide bonds. The molecule has 4 nitrogen and oxygen atoms in total. The molecule has 0 saturated carbocycles.